The summed E-state index contributed by atoms with van der Waals surface area (Å²) in [6.45, 7) is 5.00. The highest BCUT2D eigenvalue weighted by Gasteiger charge is 2.21. The summed E-state index contributed by atoms with van der Waals surface area (Å²) >= 11 is 0. The van der Waals surface area contributed by atoms with Crippen LogP contribution in [0, 0.1) is 19.7 Å². The molecule has 4 aromatic rings. The first-order valence-electron chi connectivity index (χ1n) is 11.2. The zero-order chi connectivity index (χ0) is 25.8. The second kappa shape index (κ2) is 10.3. The molecule has 36 heavy (non-hydrogen) atoms. The average molecular weight is 490 g/mol. The summed E-state index contributed by atoms with van der Waals surface area (Å²) in [6.07, 6.45) is 0. The number of hydrogen-bond acceptors (Lipinski definition) is 7. The van der Waals surface area contributed by atoms with E-state index in [1.54, 1.807) is 51.1 Å². The fourth-order valence-corrected chi connectivity index (χ4v) is 3.74. The minimum Gasteiger partial charge on any atom is -0.462 e. The Morgan fingerprint density at radius 1 is 1.11 bits per heavy atom. The van der Waals surface area contributed by atoms with Crippen molar-refractivity contribution in [2.45, 2.75) is 27.3 Å². The highest BCUT2D eigenvalue weighted by Crippen LogP contribution is 2.23. The van der Waals surface area contributed by atoms with Crippen LogP contribution < -0.4 is 10.9 Å². The summed E-state index contributed by atoms with van der Waals surface area (Å²) in [5, 5.41) is 6.58. The third kappa shape index (κ3) is 5.07. The Labute approximate surface area is 205 Å². The van der Waals surface area contributed by atoms with Crippen molar-refractivity contribution in [2.75, 3.05) is 11.9 Å². The number of esters is 1. The number of para-hydroxylation sites is 1. The zero-order valence-electron chi connectivity index (χ0n) is 19.9. The minimum absolute atomic E-state index is 0.0151. The smallest absolute Gasteiger partial charge is 0.340 e. The minimum atomic E-state index is -0.562. The van der Waals surface area contributed by atoms with Crippen LogP contribution in [0.5, 0.6) is 0 Å². The van der Waals surface area contributed by atoms with E-state index in [0.717, 1.165) is 0 Å². The molecule has 9 nitrogen and oxygen atoms in total. The van der Waals surface area contributed by atoms with E-state index in [1.807, 2.05) is 0 Å². The number of amides is 1. The fourth-order valence-electron chi connectivity index (χ4n) is 3.74. The van der Waals surface area contributed by atoms with Crippen molar-refractivity contribution in [1.82, 2.24) is 14.7 Å². The van der Waals surface area contributed by atoms with Crippen LogP contribution in [0.4, 0.5) is 10.1 Å². The molecule has 0 aliphatic heterocycles. The first kappa shape index (κ1) is 24.5. The quantitative estimate of drug-likeness (QED) is 0.387. The van der Waals surface area contributed by atoms with Crippen LogP contribution in [-0.2, 0) is 16.1 Å². The first-order valence-corrected chi connectivity index (χ1v) is 11.2. The van der Waals surface area contributed by atoms with E-state index in [-0.39, 0.29) is 41.7 Å². The van der Waals surface area contributed by atoms with Crippen molar-refractivity contribution in [1.29, 1.82) is 0 Å². The average Bonchev–Trinajstić information content (AvgIpc) is 3.32. The van der Waals surface area contributed by atoms with Crippen LogP contribution in [0.1, 0.15) is 28.5 Å². The third-order valence-corrected chi connectivity index (χ3v) is 5.45. The van der Waals surface area contributed by atoms with Crippen LogP contribution in [0.2, 0.25) is 0 Å². The Hall–Kier alpha value is -4.60. The molecule has 4 rings (SSSR count). The standard InChI is InChI=1S/C26H23FN4O5/c1-4-35-26(34)19-7-5-6-8-20(19)28-21(32)14-31-16(3)13-15(2)22(25(31)33)24-29-23(30-36-24)17-9-11-18(27)12-10-17/h5-13H,4,14H2,1-3H3,(H,28,32). The van der Waals surface area contributed by atoms with Gasteiger partial charge in [-0.1, -0.05) is 17.3 Å². The van der Waals surface area contributed by atoms with Crippen LogP contribution in [-0.4, -0.2) is 33.2 Å². The van der Waals surface area contributed by atoms with Crippen molar-refractivity contribution in [3.05, 3.63) is 87.6 Å². The number of nitrogens with one attached hydrogen (secondary N) is 1. The molecule has 0 aliphatic carbocycles. The predicted octanol–water partition coefficient (Wildman–Crippen LogP) is 4.14. The van der Waals surface area contributed by atoms with Gasteiger partial charge in [0, 0.05) is 11.3 Å². The topological polar surface area (TPSA) is 116 Å². The number of aryl methyl sites for hydroxylation is 2. The van der Waals surface area contributed by atoms with Crippen molar-refractivity contribution < 1.29 is 23.2 Å². The van der Waals surface area contributed by atoms with Gasteiger partial charge in [-0.15, -0.1) is 0 Å². The lowest BCUT2D eigenvalue weighted by atomic mass is 10.1. The maximum atomic E-state index is 13.4. The third-order valence-electron chi connectivity index (χ3n) is 5.45. The van der Waals surface area contributed by atoms with Crippen molar-refractivity contribution in [3.63, 3.8) is 0 Å². The van der Waals surface area contributed by atoms with Gasteiger partial charge in [0.2, 0.25) is 11.7 Å². The molecule has 0 fully saturated rings. The second-order valence-electron chi connectivity index (χ2n) is 7.98. The Kier molecular flexibility index (Phi) is 7.05. The molecule has 2 aromatic carbocycles. The van der Waals surface area contributed by atoms with Crippen molar-refractivity contribution in [2.24, 2.45) is 0 Å². The van der Waals surface area contributed by atoms with Crippen molar-refractivity contribution in [3.8, 4) is 22.8 Å². The van der Waals surface area contributed by atoms with Gasteiger partial charge in [-0.3, -0.25) is 9.59 Å². The number of pyridine rings is 1. The summed E-state index contributed by atoms with van der Waals surface area (Å²) in [5.74, 6) is -1.29. The molecule has 1 amide bonds. The molecule has 10 heteroatoms. The van der Waals surface area contributed by atoms with Crippen LogP contribution in [0.25, 0.3) is 22.8 Å². The van der Waals surface area contributed by atoms with Gasteiger partial charge in [0.05, 0.1) is 17.9 Å². The largest absolute Gasteiger partial charge is 0.462 e. The van der Waals surface area contributed by atoms with E-state index in [1.165, 1.54) is 28.8 Å². The normalized spacial score (nSPS) is 10.8. The van der Waals surface area contributed by atoms with Crippen LogP contribution >= 0.6 is 0 Å². The van der Waals surface area contributed by atoms with Gasteiger partial charge in [-0.25, -0.2) is 9.18 Å². The molecule has 0 saturated carbocycles. The highest BCUT2D eigenvalue weighted by atomic mass is 19.1. The molecule has 0 aliphatic rings. The lowest BCUT2D eigenvalue weighted by Crippen LogP contribution is -2.31. The van der Waals surface area contributed by atoms with Gasteiger partial charge < -0.3 is 19.1 Å². The number of benzene rings is 2. The summed E-state index contributed by atoms with van der Waals surface area (Å²) in [6, 6.07) is 13.7. The van der Waals surface area contributed by atoms with E-state index in [4.69, 9.17) is 9.26 Å². The molecule has 2 heterocycles. The molecule has 2 aromatic heterocycles. The summed E-state index contributed by atoms with van der Waals surface area (Å²) in [5.41, 5.74) is 1.82. The molecule has 0 atom stereocenters. The summed E-state index contributed by atoms with van der Waals surface area (Å²) in [4.78, 5) is 42.8. The van der Waals surface area contributed by atoms with E-state index in [0.29, 0.717) is 16.8 Å². The number of ether oxygens (including phenoxy) is 1. The number of hydrogen-bond donors (Lipinski definition) is 1. The molecular formula is C26H23FN4O5. The number of rotatable bonds is 7. The Balaban J connectivity index is 1.62. The second-order valence-corrected chi connectivity index (χ2v) is 7.98. The number of carbonyl (C=O) groups excluding carboxylic acids is 2. The SMILES string of the molecule is CCOC(=O)c1ccccc1NC(=O)Cn1c(C)cc(C)c(-c2nc(-c3ccc(F)cc3)no2)c1=O. The Morgan fingerprint density at radius 2 is 1.83 bits per heavy atom. The summed E-state index contributed by atoms with van der Waals surface area (Å²) in [7, 11) is 0. The molecule has 0 saturated heterocycles. The molecule has 1 N–H and O–H groups in total. The Bertz CT molecular complexity index is 1490. The van der Waals surface area contributed by atoms with Gasteiger partial charge in [-0.05, 0) is 68.8 Å². The molecule has 0 spiro atoms. The van der Waals surface area contributed by atoms with Gasteiger partial charge in [0.15, 0.2) is 0 Å². The first-order chi connectivity index (χ1) is 17.3. The monoisotopic (exact) mass is 490 g/mol. The molecular weight excluding hydrogens is 467 g/mol. The maximum absolute atomic E-state index is 13.4. The number of anilines is 1. The van der Waals surface area contributed by atoms with E-state index < -0.39 is 23.3 Å². The molecule has 0 bridgehead atoms. The molecule has 0 unspecified atom stereocenters. The van der Waals surface area contributed by atoms with Gasteiger partial charge in [0.25, 0.3) is 11.4 Å². The highest BCUT2D eigenvalue weighted by molar-refractivity contribution is 6.01. The van der Waals surface area contributed by atoms with E-state index in [9.17, 15) is 18.8 Å². The number of halogens is 1. The fraction of sp³-hybridized carbons (Fsp3) is 0.192. The predicted molar refractivity (Wildman–Crippen MR) is 130 cm³/mol. The van der Waals surface area contributed by atoms with E-state index >= 15 is 0 Å². The van der Waals surface area contributed by atoms with Gasteiger partial charge in [-0.2, -0.15) is 4.98 Å². The van der Waals surface area contributed by atoms with E-state index in [2.05, 4.69) is 15.5 Å². The summed E-state index contributed by atoms with van der Waals surface area (Å²) < 4.78 is 24.9. The van der Waals surface area contributed by atoms with Gasteiger partial charge in [0.1, 0.15) is 17.9 Å². The number of nitrogens with zero attached hydrogens (tertiary/aromatic N) is 3. The van der Waals surface area contributed by atoms with Crippen molar-refractivity contribution >= 4 is 17.6 Å². The Morgan fingerprint density at radius 3 is 2.56 bits per heavy atom. The lowest BCUT2D eigenvalue weighted by Gasteiger charge is -2.14. The molecule has 184 valence electrons. The number of carbonyl (C=O) groups is 2. The zero-order valence-corrected chi connectivity index (χ0v) is 19.9. The maximum Gasteiger partial charge on any atom is 0.340 e. The van der Waals surface area contributed by atoms with Crippen LogP contribution in [0.15, 0.2) is 63.9 Å². The van der Waals surface area contributed by atoms with Crippen LogP contribution in [0.3, 0.4) is 0 Å². The lowest BCUT2D eigenvalue weighted by molar-refractivity contribution is -0.116. The van der Waals surface area contributed by atoms with Gasteiger partial charge >= 0.3 is 5.97 Å². The number of aromatic nitrogens is 3. The molecule has 0 radical (unpaired) electrons.